The Hall–Kier alpha value is -5.41. The van der Waals surface area contributed by atoms with Crippen molar-refractivity contribution in [1.82, 2.24) is 49.7 Å². The second kappa shape index (κ2) is 17.8. The van der Waals surface area contributed by atoms with Crippen molar-refractivity contribution >= 4 is 44.1 Å². The van der Waals surface area contributed by atoms with Gasteiger partial charge < -0.3 is 51.2 Å². The second-order valence-electron chi connectivity index (χ2n) is 13.5. The zero-order chi connectivity index (χ0) is 37.6. The van der Waals surface area contributed by atoms with Gasteiger partial charge in [0.15, 0.2) is 0 Å². The third kappa shape index (κ3) is 8.62. The van der Waals surface area contributed by atoms with Crippen LogP contribution in [-0.2, 0) is 16.8 Å². The van der Waals surface area contributed by atoms with E-state index >= 15 is 0 Å². The van der Waals surface area contributed by atoms with Gasteiger partial charge in [-0.05, 0) is 62.8 Å². The molecule has 3 aromatic heterocycles. The monoisotopic (exact) mass is 773 g/mol. The molecule has 9 rings (SSSR count). The number of nitrogens with one attached hydrogen (secondary N) is 2. The van der Waals surface area contributed by atoms with Gasteiger partial charge in [-0.25, -0.2) is 9.97 Å². The first-order valence-electron chi connectivity index (χ1n) is 18.0. The number of benzene rings is 4. The maximum atomic E-state index is 6.77. The average Bonchev–Trinajstić information content (AvgIpc) is 3.92. The fourth-order valence-corrected chi connectivity index (χ4v) is 6.25. The van der Waals surface area contributed by atoms with Crippen molar-refractivity contribution in [3.8, 4) is 45.6 Å². The van der Waals surface area contributed by atoms with Crippen LogP contribution in [0.5, 0.6) is 0 Å². The van der Waals surface area contributed by atoms with Gasteiger partial charge in [-0.3, -0.25) is 0 Å². The molecule has 0 spiro atoms. The number of rotatable bonds is 6. The average molecular weight is 774 g/mol. The van der Waals surface area contributed by atoms with Crippen molar-refractivity contribution in [3.05, 3.63) is 109 Å². The summed E-state index contributed by atoms with van der Waals surface area (Å²) >= 11 is 0. The van der Waals surface area contributed by atoms with Gasteiger partial charge in [-0.15, -0.1) is 13.1 Å². The van der Waals surface area contributed by atoms with E-state index in [0.29, 0.717) is 59.0 Å². The van der Waals surface area contributed by atoms with E-state index in [0.717, 1.165) is 69.7 Å². The van der Waals surface area contributed by atoms with Gasteiger partial charge in [-0.2, -0.15) is 0 Å². The molecule has 2 N–H and O–H groups in total. The molecule has 1 radical (unpaired) electrons. The summed E-state index contributed by atoms with van der Waals surface area (Å²) in [5.41, 5.74) is 19.3. The predicted molar refractivity (Wildman–Crippen MR) is 219 cm³/mol. The quantitative estimate of drug-likeness (QED) is 0.162. The molecule has 281 valence electrons. The summed E-state index contributed by atoms with van der Waals surface area (Å²) in [6.07, 6.45) is 1.99. The van der Waals surface area contributed by atoms with E-state index < -0.39 is 0 Å². The van der Waals surface area contributed by atoms with E-state index in [1.54, 1.807) is 0 Å². The van der Waals surface area contributed by atoms with E-state index in [1.165, 1.54) is 0 Å². The summed E-state index contributed by atoms with van der Waals surface area (Å²) in [7, 11) is 8.09. The molecule has 0 saturated carbocycles. The standard InChI is InChI=1S/C32H16N8.2C5H13N2.Co/c1-2-10-18-17(9-1)25-33-26(18)38-28-21-13-5-6-14-22(21)30(35-28)40-32-24-16-8-7-15-23(24)31(36-32)39-29-20-12-4-3-11-19(20)27(34-29)37-25;2*1-7(2)5-3-4-6;/h1-16H;2*6H,3-5H2,1-2H3;/q-2;2*-1;+2. The largest absolute Gasteiger partial charge is 2.00 e. The number of hydrogen-bond acceptors (Lipinski definition) is 8. The van der Waals surface area contributed by atoms with Crippen molar-refractivity contribution < 1.29 is 16.8 Å². The fourth-order valence-electron chi connectivity index (χ4n) is 6.25. The van der Waals surface area contributed by atoms with Gasteiger partial charge in [-0.1, -0.05) is 110 Å². The van der Waals surface area contributed by atoms with Crippen LogP contribution in [-0.4, -0.2) is 94.1 Å². The van der Waals surface area contributed by atoms with Crippen LogP contribution in [0.25, 0.3) is 101 Å². The van der Waals surface area contributed by atoms with Crippen LogP contribution < -0.4 is 9.97 Å². The number of hydrogen-bond donors (Lipinski definition) is 0. The Morgan fingerprint density at radius 3 is 0.891 bits per heavy atom. The van der Waals surface area contributed by atoms with E-state index in [1.807, 2.05) is 125 Å². The number of aromatic nitrogens is 8. The summed E-state index contributed by atoms with van der Waals surface area (Å²) in [5, 5.41) is 3.57. The third-order valence-corrected chi connectivity index (χ3v) is 8.89. The molecule has 5 heterocycles. The van der Waals surface area contributed by atoms with Crippen molar-refractivity contribution in [3.63, 3.8) is 0 Å². The maximum absolute atomic E-state index is 6.77. The van der Waals surface area contributed by atoms with Gasteiger partial charge in [0.25, 0.3) is 0 Å². The fraction of sp³-hybridized carbons (Fsp3) is 0.238. The summed E-state index contributed by atoms with van der Waals surface area (Å²) in [6, 6.07) is 31.8. The molecule has 0 atom stereocenters. The molecule has 55 heavy (non-hydrogen) atoms. The van der Waals surface area contributed by atoms with Gasteiger partial charge in [0.1, 0.15) is 0 Å². The van der Waals surface area contributed by atoms with Gasteiger partial charge in [0, 0.05) is 44.8 Å². The van der Waals surface area contributed by atoms with E-state index in [9.17, 15) is 0 Å². The second-order valence-corrected chi connectivity index (χ2v) is 13.5. The van der Waals surface area contributed by atoms with Crippen LogP contribution in [0.15, 0.2) is 97.1 Å². The Labute approximate surface area is 330 Å². The topological polar surface area (TPSA) is 160 Å². The first-order valence-corrected chi connectivity index (χ1v) is 18.0. The SMILES string of the molecule is CN(C)CCC[NH-].CN(C)CCC[NH-].[Co+2].c1ccc2c(c1)-c1nc-2nc2[n-]c(nc3nc(nc4[n-]c(n1)c1ccccc41)-c1ccccc1-3)c1ccccc21. The molecular formula is C42H42CoN12-2. The maximum Gasteiger partial charge on any atom is 2.00 e. The zero-order valence-corrected chi connectivity index (χ0v) is 32.3. The summed E-state index contributed by atoms with van der Waals surface area (Å²) < 4.78 is 0. The van der Waals surface area contributed by atoms with Crippen LogP contribution in [0.3, 0.4) is 0 Å². The minimum atomic E-state index is 0. The molecule has 8 bridgehead atoms. The molecule has 0 amide bonds. The zero-order valence-electron chi connectivity index (χ0n) is 31.3. The van der Waals surface area contributed by atoms with Crippen molar-refractivity contribution in [2.45, 2.75) is 12.8 Å². The van der Waals surface area contributed by atoms with E-state index in [2.05, 4.69) is 9.80 Å². The molecular weight excluding hydrogens is 731 g/mol. The molecule has 2 aliphatic heterocycles. The normalized spacial score (nSPS) is 11.3. The van der Waals surface area contributed by atoms with Crippen LogP contribution >= 0.6 is 0 Å². The minimum Gasteiger partial charge on any atom is -0.677 e. The van der Waals surface area contributed by atoms with E-state index in [-0.39, 0.29) is 16.8 Å². The molecule has 0 fully saturated rings. The molecule has 4 aromatic carbocycles. The van der Waals surface area contributed by atoms with Crippen molar-refractivity contribution in [2.75, 3.05) is 54.4 Å². The predicted octanol–water partition coefficient (Wildman–Crippen LogP) is 8.11. The Morgan fingerprint density at radius 2 is 0.673 bits per heavy atom. The molecule has 0 unspecified atom stereocenters. The van der Waals surface area contributed by atoms with Gasteiger partial charge in [0.2, 0.25) is 0 Å². The van der Waals surface area contributed by atoms with Crippen LogP contribution in [0.1, 0.15) is 12.8 Å². The Kier molecular flexibility index (Phi) is 12.7. The third-order valence-electron chi connectivity index (χ3n) is 8.89. The van der Waals surface area contributed by atoms with E-state index in [4.69, 9.17) is 51.3 Å². The Bertz CT molecular complexity index is 2240. The van der Waals surface area contributed by atoms with Gasteiger partial charge >= 0.3 is 16.8 Å². The molecule has 0 saturated heterocycles. The molecule has 2 aliphatic rings. The first-order chi connectivity index (χ1) is 26.3. The number of nitrogens with zero attached hydrogens (tertiary/aromatic N) is 10. The van der Waals surface area contributed by atoms with Crippen molar-refractivity contribution in [2.24, 2.45) is 0 Å². The summed E-state index contributed by atoms with van der Waals surface area (Å²) in [6.45, 7) is 3.20. The molecule has 12 nitrogen and oxygen atoms in total. The van der Waals surface area contributed by atoms with Gasteiger partial charge in [0.05, 0.1) is 23.3 Å². The van der Waals surface area contributed by atoms with Crippen LogP contribution in [0.4, 0.5) is 0 Å². The first kappa shape index (κ1) is 39.3. The van der Waals surface area contributed by atoms with Crippen LogP contribution in [0, 0.1) is 0 Å². The van der Waals surface area contributed by atoms with Crippen LogP contribution in [0.2, 0.25) is 0 Å². The number of fused-ring (bicyclic) bond motifs is 20. The molecule has 13 heteroatoms. The Balaban J connectivity index is 0.000000296. The smallest absolute Gasteiger partial charge is 0.677 e. The Morgan fingerprint density at radius 1 is 0.418 bits per heavy atom. The van der Waals surface area contributed by atoms with Crippen molar-refractivity contribution in [1.29, 1.82) is 0 Å². The summed E-state index contributed by atoms with van der Waals surface area (Å²) in [4.78, 5) is 43.5. The molecule has 7 aromatic rings. The minimum absolute atomic E-state index is 0. The molecule has 0 aliphatic carbocycles. The summed E-state index contributed by atoms with van der Waals surface area (Å²) in [5.74, 6) is 2.21.